The van der Waals surface area contributed by atoms with Crippen LogP contribution >= 0.6 is 11.8 Å². The molecule has 0 unspecified atom stereocenters. The number of nitrogens with zero attached hydrogens (tertiary/aromatic N) is 2. The molecule has 0 saturated carbocycles. The third-order valence-electron chi connectivity index (χ3n) is 4.24. The number of amides is 1. The molecule has 0 aliphatic heterocycles. The third kappa shape index (κ3) is 5.20. The number of non-ortho nitro benzene ring substituents is 1. The lowest BCUT2D eigenvalue weighted by molar-refractivity contribution is -0.384. The van der Waals surface area contributed by atoms with Gasteiger partial charge >= 0.3 is 0 Å². The summed E-state index contributed by atoms with van der Waals surface area (Å²) >= 11 is 1.37. The van der Waals surface area contributed by atoms with E-state index in [1.54, 1.807) is 17.0 Å². The average Bonchev–Trinajstić information content (AvgIpc) is 2.72. The standard InChI is InChI=1S/C22H20N2O3S/c1-17-7-9-19(10-8-17)23(15-18-5-3-2-4-6-18)22(25)16-28-21-13-11-20(12-14-21)24(26)27/h2-14H,15-16H2,1H3. The van der Waals surface area contributed by atoms with Crippen molar-refractivity contribution >= 4 is 29.0 Å². The molecule has 0 aliphatic rings. The number of nitro benzene ring substituents is 1. The fourth-order valence-electron chi connectivity index (χ4n) is 2.70. The maximum Gasteiger partial charge on any atom is 0.269 e. The van der Waals surface area contributed by atoms with Gasteiger partial charge in [-0.3, -0.25) is 14.9 Å². The fraction of sp³-hybridized carbons (Fsp3) is 0.136. The van der Waals surface area contributed by atoms with E-state index in [4.69, 9.17) is 0 Å². The molecule has 0 spiro atoms. The van der Waals surface area contributed by atoms with E-state index in [9.17, 15) is 14.9 Å². The SMILES string of the molecule is Cc1ccc(N(Cc2ccccc2)C(=O)CSc2ccc([N+](=O)[O-])cc2)cc1. The van der Waals surface area contributed by atoms with E-state index in [2.05, 4.69) is 0 Å². The predicted molar refractivity (Wildman–Crippen MR) is 113 cm³/mol. The number of anilines is 1. The predicted octanol–water partition coefficient (Wildman–Crippen LogP) is 5.23. The molecule has 6 heteroatoms. The molecule has 0 heterocycles. The molecule has 3 aromatic rings. The Hall–Kier alpha value is -3.12. The lowest BCUT2D eigenvalue weighted by atomic mass is 10.1. The number of aryl methyl sites for hydroxylation is 1. The van der Waals surface area contributed by atoms with Crippen LogP contribution in [-0.4, -0.2) is 16.6 Å². The van der Waals surface area contributed by atoms with Crippen LogP contribution in [0, 0.1) is 17.0 Å². The first-order chi connectivity index (χ1) is 13.5. The minimum Gasteiger partial charge on any atom is -0.307 e. The Morgan fingerprint density at radius 3 is 2.21 bits per heavy atom. The van der Waals surface area contributed by atoms with E-state index >= 15 is 0 Å². The molecule has 0 fully saturated rings. The quantitative estimate of drug-likeness (QED) is 0.314. The molecule has 3 rings (SSSR count). The Labute approximate surface area is 168 Å². The van der Waals surface area contributed by atoms with Crippen LogP contribution in [0.2, 0.25) is 0 Å². The number of carbonyl (C=O) groups is 1. The molecular weight excluding hydrogens is 372 g/mol. The molecule has 0 bridgehead atoms. The number of carbonyl (C=O) groups excluding carboxylic acids is 1. The summed E-state index contributed by atoms with van der Waals surface area (Å²) in [6, 6.07) is 24.0. The highest BCUT2D eigenvalue weighted by molar-refractivity contribution is 8.00. The molecule has 0 N–H and O–H groups in total. The second-order valence-electron chi connectivity index (χ2n) is 6.34. The Morgan fingerprint density at radius 2 is 1.61 bits per heavy atom. The summed E-state index contributed by atoms with van der Waals surface area (Å²) in [4.78, 5) is 25.9. The van der Waals surface area contributed by atoms with Crippen LogP contribution in [0.4, 0.5) is 11.4 Å². The van der Waals surface area contributed by atoms with Gasteiger partial charge < -0.3 is 4.90 Å². The summed E-state index contributed by atoms with van der Waals surface area (Å²) in [5.41, 5.74) is 3.08. The molecular formula is C22H20N2O3S. The smallest absolute Gasteiger partial charge is 0.269 e. The Bertz CT molecular complexity index is 942. The normalized spacial score (nSPS) is 10.5. The fourth-order valence-corrected chi connectivity index (χ4v) is 3.48. The van der Waals surface area contributed by atoms with Crippen LogP contribution in [0.5, 0.6) is 0 Å². The largest absolute Gasteiger partial charge is 0.307 e. The van der Waals surface area contributed by atoms with Crippen molar-refractivity contribution in [3.8, 4) is 0 Å². The maximum atomic E-state index is 13.0. The molecule has 142 valence electrons. The zero-order valence-electron chi connectivity index (χ0n) is 15.4. The highest BCUT2D eigenvalue weighted by Crippen LogP contribution is 2.24. The van der Waals surface area contributed by atoms with Crippen molar-refractivity contribution in [2.75, 3.05) is 10.7 Å². The lowest BCUT2D eigenvalue weighted by Crippen LogP contribution is -2.31. The van der Waals surface area contributed by atoms with E-state index < -0.39 is 4.92 Å². The van der Waals surface area contributed by atoms with Crippen molar-refractivity contribution in [2.45, 2.75) is 18.4 Å². The summed E-state index contributed by atoms with van der Waals surface area (Å²) < 4.78 is 0. The molecule has 0 aliphatic carbocycles. The molecule has 5 nitrogen and oxygen atoms in total. The van der Waals surface area contributed by atoms with Gasteiger partial charge in [-0.05, 0) is 36.8 Å². The van der Waals surface area contributed by atoms with Crippen LogP contribution in [0.3, 0.4) is 0 Å². The average molecular weight is 392 g/mol. The van der Waals surface area contributed by atoms with E-state index in [1.165, 1.54) is 23.9 Å². The lowest BCUT2D eigenvalue weighted by Gasteiger charge is -2.23. The summed E-state index contributed by atoms with van der Waals surface area (Å²) in [7, 11) is 0. The minimum atomic E-state index is -0.432. The third-order valence-corrected chi connectivity index (χ3v) is 5.24. The first-order valence-electron chi connectivity index (χ1n) is 8.81. The first-order valence-corrected chi connectivity index (χ1v) is 9.80. The number of nitro groups is 1. The van der Waals surface area contributed by atoms with Gasteiger partial charge in [0.05, 0.1) is 17.2 Å². The summed E-state index contributed by atoms with van der Waals surface area (Å²) in [6.45, 7) is 2.50. The Morgan fingerprint density at radius 1 is 0.964 bits per heavy atom. The second kappa shape index (κ2) is 9.19. The van der Waals surface area contributed by atoms with E-state index in [1.807, 2.05) is 61.5 Å². The molecule has 0 aromatic heterocycles. The van der Waals surface area contributed by atoms with Crippen LogP contribution < -0.4 is 4.90 Å². The molecule has 1 amide bonds. The van der Waals surface area contributed by atoms with E-state index in [-0.39, 0.29) is 17.3 Å². The second-order valence-corrected chi connectivity index (χ2v) is 7.39. The number of hydrogen-bond acceptors (Lipinski definition) is 4. The van der Waals surface area contributed by atoms with Gasteiger partial charge in [0.15, 0.2) is 0 Å². The van der Waals surface area contributed by atoms with E-state index in [0.29, 0.717) is 6.54 Å². The zero-order chi connectivity index (χ0) is 19.9. The van der Waals surface area contributed by atoms with Gasteiger partial charge in [-0.25, -0.2) is 0 Å². The first kappa shape index (κ1) is 19.6. The van der Waals surface area contributed by atoms with Gasteiger partial charge in [-0.2, -0.15) is 0 Å². The number of rotatable bonds is 7. The van der Waals surface area contributed by atoms with Crippen molar-refractivity contribution < 1.29 is 9.72 Å². The van der Waals surface area contributed by atoms with Gasteiger partial charge in [-0.15, -0.1) is 11.8 Å². The number of benzene rings is 3. The molecule has 0 radical (unpaired) electrons. The topological polar surface area (TPSA) is 63.5 Å². The molecule has 28 heavy (non-hydrogen) atoms. The highest BCUT2D eigenvalue weighted by atomic mass is 32.2. The minimum absolute atomic E-state index is 0.0175. The van der Waals surface area contributed by atoms with Gasteiger partial charge in [0.2, 0.25) is 5.91 Å². The number of thioether (sulfide) groups is 1. The van der Waals surface area contributed by atoms with Crippen LogP contribution in [-0.2, 0) is 11.3 Å². The van der Waals surface area contributed by atoms with Gasteiger partial charge in [-0.1, -0.05) is 48.0 Å². The summed E-state index contributed by atoms with van der Waals surface area (Å²) in [5, 5.41) is 10.8. The molecule has 3 aromatic carbocycles. The zero-order valence-corrected chi connectivity index (χ0v) is 16.3. The van der Waals surface area contributed by atoms with Crippen molar-refractivity contribution in [1.29, 1.82) is 0 Å². The van der Waals surface area contributed by atoms with Crippen molar-refractivity contribution in [2.24, 2.45) is 0 Å². The number of hydrogen-bond donors (Lipinski definition) is 0. The van der Waals surface area contributed by atoms with Crippen molar-refractivity contribution in [3.63, 3.8) is 0 Å². The Kier molecular flexibility index (Phi) is 6.45. The highest BCUT2D eigenvalue weighted by Gasteiger charge is 2.17. The molecule has 0 saturated heterocycles. The van der Waals surface area contributed by atoms with Crippen molar-refractivity contribution in [1.82, 2.24) is 0 Å². The van der Waals surface area contributed by atoms with Crippen LogP contribution in [0.25, 0.3) is 0 Å². The Balaban J connectivity index is 1.74. The van der Waals surface area contributed by atoms with Gasteiger partial charge in [0.1, 0.15) is 0 Å². The van der Waals surface area contributed by atoms with Crippen LogP contribution in [0.1, 0.15) is 11.1 Å². The monoisotopic (exact) mass is 392 g/mol. The van der Waals surface area contributed by atoms with Crippen molar-refractivity contribution in [3.05, 3.63) is 100 Å². The van der Waals surface area contributed by atoms with Gasteiger partial charge in [0, 0.05) is 22.7 Å². The maximum absolute atomic E-state index is 13.0. The molecule has 0 atom stereocenters. The van der Waals surface area contributed by atoms with Gasteiger partial charge in [0.25, 0.3) is 5.69 Å². The van der Waals surface area contributed by atoms with E-state index in [0.717, 1.165) is 21.7 Å². The summed E-state index contributed by atoms with van der Waals surface area (Å²) in [5.74, 6) is 0.231. The summed E-state index contributed by atoms with van der Waals surface area (Å²) in [6.07, 6.45) is 0. The van der Waals surface area contributed by atoms with Crippen LogP contribution in [0.15, 0.2) is 83.8 Å².